The van der Waals surface area contributed by atoms with Crippen molar-refractivity contribution in [2.24, 2.45) is 10.8 Å². The van der Waals surface area contributed by atoms with Crippen molar-refractivity contribution in [1.82, 2.24) is 0 Å². The highest BCUT2D eigenvalue weighted by Crippen LogP contribution is 2.49. The summed E-state index contributed by atoms with van der Waals surface area (Å²) in [5.74, 6) is 0.431. The number of methoxy groups -OCH3 is 1. The van der Waals surface area contributed by atoms with Crippen molar-refractivity contribution in [3.05, 3.63) is 53.1 Å². The highest BCUT2D eigenvalue weighted by Gasteiger charge is 2.33. The summed E-state index contributed by atoms with van der Waals surface area (Å²) >= 11 is 0. The topological polar surface area (TPSA) is 88.1 Å². The van der Waals surface area contributed by atoms with E-state index in [0.29, 0.717) is 40.7 Å². The zero-order valence-corrected chi connectivity index (χ0v) is 26.5. The van der Waals surface area contributed by atoms with E-state index in [2.05, 4.69) is 20.8 Å². The molecule has 0 atom stereocenters. The zero-order chi connectivity index (χ0) is 31.2. The van der Waals surface area contributed by atoms with Gasteiger partial charge in [0.15, 0.2) is 17.3 Å². The van der Waals surface area contributed by atoms with Crippen LogP contribution in [-0.2, 0) is 15.0 Å². The first-order chi connectivity index (χ1) is 19.0. The first-order valence-corrected chi connectivity index (χ1v) is 14.1. The smallest absolute Gasteiger partial charge is 0.316 e. The molecule has 2 aromatic rings. The molecule has 41 heavy (non-hydrogen) atoms. The lowest BCUT2D eigenvalue weighted by Crippen LogP contribution is -2.28. The van der Waals surface area contributed by atoms with Crippen LogP contribution in [0, 0.1) is 10.8 Å². The molecule has 0 saturated carbocycles. The molecule has 0 spiro atoms. The summed E-state index contributed by atoms with van der Waals surface area (Å²) in [7, 11) is 1.51. The van der Waals surface area contributed by atoms with Crippen molar-refractivity contribution in [2.45, 2.75) is 87.5 Å². The largest absolute Gasteiger partial charge is 0.490 e. The van der Waals surface area contributed by atoms with E-state index in [4.69, 9.17) is 18.9 Å². The number of carbonyl (C=O) groups excluding carboxylic acids is 3. The molecule has 0 aliphatic heterocycles. The second kappa shape index (κ2) is 13.4. The number of ketones is 1. The van der Waals surface area contributed by atoms with Gasteiger partial charge in [0, 0.05) is 16.7 Å². The monoisotopic (exact) mass is 566 g/mol. The van der Waals surface area contributed by atoms with Gasteiger partial charge in [-0.2, -0.15) is 0 Å². The van der Waals surface area contributed by atoms with Crippen LogP contribution in [0.2, 0.25) is 0 Å². The number of esters is 2. The predicted molar refractivity (Wildman–Crippen MR) is 162 cm³/mol. The Bertz CT molecular complexity index is 1270. The van der Waals surface area contributed by atoms with Gasteiger partial charge in [-0.3, -0.25) is 14.4 Å². The summed E-state index contributed by atoms with van der Waals surface area (Å²) in [5, 5.41) is 0. The molecule has 0 heterocycles. The van der Waals surface area contributed by atoms with Crippen LogP contribution >= 0.6 is 0 Å². The first kappa shape index (κ1) is 33.6. The third kappa shape index (κ3) is 8.69. The van der Waals surface area contributed by atoms with Gasteiger partial charge in [-0.1, -0.05) is 27.7 Å². The molecule has 2 aromatic carbocycles. The van der Waals surface area contributed by atoms with E-state index in [1.807, 2.05) is 13.0 Å². The third-order valence-electron chi connectivity index (χ3n) is 6.67. The van der Waals surface area contributed by atoms with Gasteiger partial charge in [0.05, 0.1) is 24.5 Å². The van der Waals surface area contributed by atoms with E-state index < -0.39 is 10.8 Å². The fourth-order valence-electron chi connectivity index (χ4n) is 3.55. The molecule has 0 saturated heterocycles. The van der Waals surface area contributed by atoms with E-state index in [0.717, 1.165) is 18.4 Å². The molecule has 0 aromatic heterocycles. The van der Waals surface area contributed by atoms with Crippen molar-refractivity contribution in [1.29, 1.82) is 0 Å². The number of ether oxygens (including phenoxy) is 4. The van der Waals surface area contributed by atoms with Gasteiger partial charge in [0.2, 0.25) is 5.75 Å². The number of hydrogen-bond acceptors (Lipinski definition) is 7. The number of carbonyl (C=O) groups is 3. The van der Waals surface area contributed by atoms with Crippen molar-refractivity contribution in [3.63, 3.8) is 0 Å². The second-order valence-corrected chi connectivity index (χ2v) is 12.8. The van der Waals surface area contributed by atoms with Crippen molar-refractivity contribution in [2.75, 3.05) is 13.7 Å². The molecular weight excluding hydrogens is 520 g/mol. The molecule has 0 aliphatic rings. The fraction of sp³-hybridized carbons (Fsp3) is 0.500. The molecule has 224 valence electrons. The Morgan fingerprint density at radius 2 is 1.34 bits per heavy atom. The summed E-state index contributed by atoms with van der Waals surface area (Å²) in [6.45, 7) is 19.3. The number of benzene rings is 2. The van der Waals surface area contributed by atoms with Gasteiger partial charge in [-0.15, -0.1) is 0 Å². The van der Waals surface area contributed by atoms with Crippen LogP contribution in [0.1, 0.15) is 104 Å². The Morgan fingerprint density at radius 1 is 0.780 bits per heavy atom. The fourth-order valence-corrected chi connectivity index (χ4v) is 3.55. The number of allylic oxidation sites excluding steroid dienone is 1. The minimum atomic E-state index is -0.727. The molecule has 0 amide bonds. The van der Waals surface area contributed by atoms with E-state index in [9.17, 15) is 14.4 Å². The molecule has 0 fully saturated rings. The molecule has 0 unspecified atom stereocenters. The average molecular weight is 567 g/mol. The van der Waals surface area contributed by atoms with Gasteiger partial charge in [-0.25, -0.2) is 0 Å². The van der Waals surface area contributed by atoms with Crippen LogP contribution in [0.25, 0.3) is 6.08 Å². The molecule has 7 heteroatoms. The van der Waals surface area contributed by atoms with E-state index in [-0.39, 0.29) is 23.1 Å². The lowest BCUT2D eigenvalue weighted by atomic mass is 9.80. The van der Waals surface area contributed by atoms with Crippen LogP contribution in [0.15, 0.2) is 36.4 Å². The minimum absolute atomic E-state index is 0.237. The highest BCUT2D eigenvalue weighted by atomic mass is 16.6. The first-order valence-electron chi connectivity index (χ1n) is 14.1. The highest BCUT2D eigenvalue weighted by molar-refractivity contribution is 6.07. The second-order valence-electron chi connectivity index (χ2n) is 12.8. The Morgan fingerprint density at radius 3 is 1.83 bits per heavy atom. The van der Waals surface area contributed by atoms with Crippen LogP contribution in [0.3, 0.4) is 0 Å². The standard InChI is InChI=1S/C34H46O7/c1-12-20-39-27-23(16-19-26(35)22-14-17-24(18-15-22)40-30(36)32(3,4)5)21-25(34(9,10)13-2)28(29(27)38-11)41-31(37)33(6,7)8/h14-19,21H,12-13,20H2,1-11H3. The van der Waals surface area contributed by atoms with E-state index in [1.165, 1.54) is 13.2 Å². The lowest BCUT2D eigenvalue weighted by Gasteiger charge is -2.30. The van der Waals surface area contributed by atoms with Gasteiger partial charge in [0.25, 0.3) is 0 Å². The Balaban J connectivity index is 2.58. The van der Waals surface area contributed by atoms with Gasteiger partial charge >= 0.3 is 11.9 Å². The summed E-state index contributed by atoms with van der Waals surface area (Å²) in [5.41, 5.74) is 0.0966. The Labute approximate surface area is 245 Å². The minimum Gasteiger partial charge on any atom is -0.490 e. The maximum absolute atomic E-state index is 13.1. The molecule has 0 bridgehead atoms. The van der Waals surface area contributed by atoms with Gasteiger partial charge in [0.1, 0.15) is 5.75 Å². The summed E-state index contributed by atoms with van der Waals surface area (Å²) in [6.07, 6.45) is 4.66. The van der Waals surface area contributed by atoms with E-state index in [1.54, 1.807) is 71.9 Å². The number of hydrogen-bond donors (Lipinski definition) is 0. The normalized spacial score (nSPS) is 12.3. The Hall–Kier alpha value is -3.61. The number of rotatable bonds is 11. The molecular formula is C34H46O7. The van der Waals surface area contributed by atoms with Crippen LogP contribution in [-0.4, -0.2) is 31.4 Å². The molecule has 2 rings (SSSR count). The SMILES string of the molecule is CCCOc1c(C=CC(=O)c2ccc(OC(=O)C(C)(C)C)cc2)cc(C(C)(C)CC)c(OC(=O)C(C)(C)C)c1OC. The molecule has 0 aliphatic carbocycles. The van der Waals surface area contributed by atoms with Gasteiger partial charge in [-0.05, 0) is 102 Å². The lowest BCUT2D eigenvalue weighted by molar-refractivity contribution is -0.143. The quantitative estimate of drug-likeness (QED) is 0.118. The van der Waals surface area contributed by atoms with E-state index >= 15 is 0 Å². The molecule has 0 N–H and O–H groups in total. The third-order valence-corrected chi connectivity index (χ3v) is 6.67. The maximum atomic E-state index is 13.1. The summed E-state index contributed by atoms with van der Waals surface area (Å²) < 4.78 is 23.3. The van der Waals surface area contributed by atoms with Crippen LogP contribution in [0.4, 0.5) is 0 Å². The van der Waals surface area contributed by atoms with Crippen molar-refractivity contribution >= 4 is 23.8 Å². The predicted octanol–water partition coefficient (Wildman–Crippen LogP) is 7.97. The van der Waals surface area contributed by atoms with Crippen molar-refractivity contribution < 1.29 is 33.3 Å². The Kier molecular flexibility index (Phi) is 11.0. The van der Waals surface area contributed by atoms with Gasteiger partial charge < -0.3 is 18.9 Å². The molecule has 7 nitrogen and oxygen atoms in total. The van der Waals surface area contributed by atoms with Crippen LogP contribution < -0.4 is 18.9 Å². The van der Waals surface area contributed by atoms with Crippen molar-refractivity contribution in [3.8, 4) is 23.0 Å². The van der Waals surface area contributed by atoms with Crippen LogP contribution in [0.5, 0.6) is 23.0 Å². The summed E-state index contributed by atoms with van der Waals surface area (Å²) in [4.78, 5) is 38.3. The zero-order valence-electron chi connectivity index (χ0n) is 26.5. The molecule has 0 radical (unpaired) electrons. The summed E-state index contributed by atoms with van der Waals surface area (Å²) in [6, 6.07) is 8.34. The maximum Gasteiger partial charge on any atom is 0.316 e. The average Bonchev–Trinajstić information content (AvgIpc) is 2.89.